The molecule has 1 amide bonds. The van der Waals surface area contributed by atoms with Gasteiger partial charge in [-0.2, -0.15) is 0 Å². The van der Waals surface area contributed by atoms with Gasteiger partial charge in [-0.3, -0.25) is 14.4 Å². The molecule has 1 aromatic heterocycles. The van der Waals surface area contributed by atoms with E-state index in [4.69, 9.17) is 4.42 Å². The van der Waals surface area contributed by atoms with E-state index in [0.29, 0.717) is 11.5 Å². The van der Waals surface area contributed by atoms with Crippen LogP contribution >= 0.6 is 0 Å². The lowest BCUT2D eigenvalue weighted by Crippen LogP contribution is -2.38. The molecule has 3 N–H and O–H groups in total. The molecule has 9 heteroatoms. The van der Waals surface area contributed by atoms with Gasteiger partial charge in [0.2, 0.25) is 0 Å². The molecule has 0 aliphatic rings. The lowest BCUT2D eigenvalue weighted by molar-refractivity contribution is 0.0824. The van der Waals surface area contributed by atoms with Crippen LogP contribution in [0.25, 0.3) is 0 Å². The fraction of sp³-hybridized carbons (Fsp3) is 0.348. The Morgan fingerprint density at radius 2 is 1.81 bits per heavy atom. The van der Waals surface area contributed by atoms with Crippen LogP contribution in [0.5, 0.6) is 5.75 Å². The summed E-state index contributed by atoms with van der Waals surface area (Å²) in [6.07, 6.45) is -0.0176. The second-order valence-corrected chi connectivity index (χ2v) is 8.50. The molecule has 0 saturated carbocycles. The molecule has 1 unspecified atom stereocenters. The molecule has 0 bridgehead atoms. The van der Waals surface area contributed by atoms with Crippen LogP contribution in [0, 0.1) is 6.92 Å². The van der Waals surface area contributed by atoms with Gasteiger partial charge in [0.25, 0.3) is 16.8 Å². The van der Waals surface area contributed by atoms with Crippen molar-refractivity contribution in [3.63, 3.8) is 0 Å². The minimum Gasteiger partial charge on any atom is -0.505 e. The van der Waals surface area contributed by atoms with Gasteiger partial charge in [0, 0.05) is 20.5 Å². The Kier molecular flexibility index (Phi) is 6.11. The van der Waals surface area contributed by atoms with Crippen LogP contribution in [0.1, 0.15) is 48.2 Å². The van der Waals surface area contributed by atoms with E-state index in [1.54, 1.807) is 33.2 Å². The summed E-state index contributed by atoms with van der Waals surface area (Å²) in [5.74, 6) is 0.272. The molecule has 0 radical (unpaired) electrons. The fourth-order valence-corrected chi connectivity index (χ4v) is 3.36. The molecule has 170 valence electrons. The zero-order chi connectivity index (χ0) is 23.8. The molecule has 8 nitrogen and oxygen atoms in total. The number of halogens is 1. The first-order valence-corrected chi connectivity index (χ1v) is 10.0. The van der Waals surface area contributed by atoms with Crippen molar-refractivity contribution in [3.8, 4) is 5.75 Å². The summed E-state index contributed by atoms with van der Waals surface area (Å²) < 4.78 is 20.0. The Bertz CT molecular complexity index is 1220. The predicted octanol–water partition coefficient (Wildman–Crippen LogP) is 3.63. The monoisotopic (exact) mass is 443 g/mol. The Morgan fingerprint density at radius 3 is 2.38 bits per heavy atom. The fourth-order valence-electron chi connectivity index (χ4n) is 3.36. The van der Waals surface area contributed by atoms with E-state index in [0.717, 1.165) is 0 Å². The highest BCUT2D eigenvalue weighted by Gasteiger charge is 2.30. The zero-order valence-corrected chi connectivity index (χ0v) is 18.6. The maximum Gasteiger partial charge on any atom is 0.257 e. The van der Waals surface area contributed by atoms with Crippen LogP contribution in [0.4, 0.5) is 21.5 Å². The predicted molar refractivity (Wildman–Crippen MR) is 120 cm³/mol. The van der Waals surface area contributed by atoms with E-state index >= 15 is 0 Å². The number of para-hydroxylation sites is 1. The van der Waals surface area contributed by atoms with E-state index in [1.165, 1.54) is 36.9 Å². The third-order valence-electron chi connectivity index (χ3n) is 4.96. The Hall–Kier alpha value is -3.62. The molecule has 0 fully saturated rings. The van der Waals surface area contributed by atoms with Gasteiger partial charge >= 0.3 is 0 Å². The number of rotatable bonds is 8. The van der Waals surface area contributed by atoms with Crippen molar-refractivity contribution in [3.05, 3.63) is 67.9 Å². The number of aromatic hydroxyl groups is 1. The molecular weight excluding hydrogens is 417 g/mol. The lowest BCUT2D eigenvalue weighted by atomic mass is 9.98. The molecule has 1 heterocycles. The number of nitrogens with zero attached hydrogens (tertiary/aromatic N) is 1. The van der Waals surface area contributed by atoms with Crippen molar-refractivity contribution < 1.29 is 18.7 Å². The van der Waals surface area contributed by atoms with Crippen LogP contribution < -0.4 is 21.5 Å². The summed E-state index contributed by atoms with van der Waals surface area (Å²) in [4.78, 5) is 38.1. The first-order chi connectivity index (χ1) is 14.9. The summed E-state index contributed by atoms with van der Waals surface area (Å²) in [7, 11) is 3.09. The molecule has 0 aliphatic carbocycles. The standard InChI is InChI=1S/C23H26FN3O5/c1-12-9-10-16(32-12)15(11-23(2,3)24)26-18-17(20(29)21(18)30)25-14-8-6-7-13(19(14)28)22(31)27(4)5/h6-10,15,25-26,28H,11H2,1-5H3. The van der Waals surface area contributed by atoms with Gasteiger partial charge in [0.1, 0.15) is 28.6 Å². The number of benzene rings is 1. The largest absolute Gasteiger partial charge is 0.505 e. The van der Waals surface area contributed by atoms with Gasteiger partial charge in [-0.25, -0.2) is 4.39 Å². The number of hydrogen-bond donors (Lipinski definition) is 3. The van der Waals surface area contributed by atoms with Gasteiger partial charge in [0.15, 0.2) is 5.75 Å². The average Bonchev–Trinajstić information content (AvgIpc) is 3.15. The van der Waals surface area contributed by atoms with Crippen LogP contribution in [0.3, 0.4) is 0 Å². The quantitative estimate of drug-likeness (QED) is 0.360. The highest BCUT2D eigenvalue weighted by atomic mass is 19.1. The minimum absolute atomic E-state index is 0.0176. The Balaban J connectivity index is 1.94. The van der Waals surface area contributed by atoms with Crippen molar-refractivity contribution in [2.24, 2.45) is 0 Å². The van der Waals surface area contributed by atoms with E-state index < -0.39 is 28.5 Å². The van der Waals surface area contributed by atoms with Gasteiger partial charge in [-0.15, -0.1) is 0 Å². The number of amides is 1. The summed E-state index contributed by atoms with van der Waals surface area (Å²) in [5.41, 5.74) is -3.13. The first-order valence-electron chi connectivity index (χ1n) is 10.0. The zero-order valence-electron chi connectivity index (χ0n) is 18.6. The van der Waals surface area contributed by atoms with E-state index in [9.17, 15) is 23.9 Å². The van der Waals surface area contributed by atoms with Gasteiger partial charge in [-0.1, -0.05) is 6.07 Å². The summed E-state index contributed by atoms with van der Waals surface area (Å²) in [6, 6.07) is 7.16. The summed E-state index contributed by atoms with van der Waals surface area (Å²) in [5, 5.41) is 16.2. The third kappa shape index (κ3) is 4.66. The molecule has 32 heavy (non-hydrogen) atoms. The average molecular weight is 443 g/mol. The molecule has 0 saturated heterocycles. The number of furan rings is 1. The molecule has 0 spiro atoms. The molecule has 3 rings (SSSR count). The summed E-state index contributed by atoms with van der Waals surface area (Å²) in [6.45, 7) is 4.56. The number of hydrogen-bond acceptors (Lipinski definition) is 7. The minimum atomic E-state index is -1.58. The van der Waals surface area contributed by atoms with Crippen LogP contribution in [0.15, 0.2) is 44.3 Å². The molecular formula is C23H26FN3O5. The number of anilines is 3. The molecule has 1 atom stereocenters. The molecule has 3 aromatic rings. The highest BCUT2D eigenvalue weighted by Crippen LogP contribution is 2.35. The van der Waals surface area contributed by atoms with Crippen LogP contribution in [0.2, 0.25) is 0 Å². The van der Waals surface area contributed by atoms with E-state index in [-0.39, 0.29) is 34.8 Å². The molecule has 0 aliphatic heterocycles. The second kappa shape index (κ2) is 8.49. The number of nitrogens with one attached hydrogen (secondary N) is 2. The number of aryl methyl sites for hydroxylation is 1. The highest BCUT2D eigenvalue weighted by molar-refractivity contribution is 5.99. The van der Waals surface area contributed by atoms with Crippen molar-refractivity contribution in [2.75, 3.05) is 24.7 Å². The lowest BCUT2D eigenvalue weighted by Gasteiger charge is -2.25. The maximum absolute atomic E-state index is 14.4. The smallest absolute Gasteiger partial charge is 0.257 e. The topological polar surface area (TPSA) is 112 Å². The van der Waals surface area contributed by atoms with Gasteiger partial charge in [0.05, 0.1) is 17.3 Å². The number of carbonyl (C=O) groups is 1. The normalized spacial score (nSPS) is 12.6. The van der Waals surface area contributed by atoms with Crippen molar-refractivity contribution in [1.82, 2.24) is 4.90 Å². The number of phenols is 1. The SMILES string of the molecule is Cc1ccc(C(CC(C)(C)F)Nc2c(Nc3cccc(C(=O)N(C)C)c3O)c(=O)c2=O)o1. The van der Waals surface area contributed by atoms with E-state index in [1.807, 2.05) is 0 Å². The van der Waals surface area contributed by atoms with Crippen LogP contribution in [-0.4, -0.2) is 35.7 Å². The Labute approximate surface area is 184 Å². The van der Waals surface area contributed by atoms with Crippen molar-refractivity contribution in [2.45, 2.75) is 38.9 Å². The van der Waals surface area contributed by atoms with Crippen LogP contribution in [-0.2, 0) is 0 Å². The maximum atomic E-state index is 14.4. The Morgan fingerprint density at radius 1 is 1.16 bits per heavy atom. The number of alkyl halides is 1. The second-order valence-electron chi connectivity index (χ2n) is 8.50. The molecule has 2 aromatic carbocycles. The third-order valence-corrected chi connectivity index (χ3v) is 4.96. The number of phenolic OH excluding ortho intramolecular Hbond substituents is 1. The van der Waals surface area contributed by atoms with Crippen molar-refractivity contribution >= 4 is 23.0 Å². The van der Waals surface area contributed by atoms with Crippen molar-refractivity contribution in [1.29, 1.82) is 0 Å². The summed E-state index contributed by atoms with van der Waals surface area (Å²) >= 11 is 0. The van der Waals surface area contributed by atoms with E-state index in [2.05, 4.69) is 10.6 Å². The van der Waals surface area contributed by atoms with Gasteiger partial charge in [-0.05, 0) is 45.0 Å². The number of carbonyl (C=O) groups excluding carboxylic acids is 1. The first kappa shape index (κ1) is 23.1. The van der Waals surface area contributed by atoms with Gasteiger partial charge < -0.3 is 25.1 Å².